The van der Waals surface area contributed by atoms with Crippen LogP contribution >= 0.6 is 0 Å². The molecule has 0 saturated heterocycles. The molecule has 1 heterocycles. The maximum atomic E-state index is 12.9. The Morgan fingerprint density at radius 3 is 2.48 bits per heavy atom. The van der Waals surface area contributed by atoms with Crippen LogP contribution in [0, 0.1) is 23.1 Å². The van der Waals surface area contributed by atoms with E-state index in [4.69, 9.17) is 9.68 Å². The summed E-state index contributed by atoms with van der Waals surface area (Å²) in [6, 6.07) is 11.2. The van der Waals surface area contributed by atoms with Gasteiger partial charge in [-0.3, -0.25) is 4.79 Å². The van der Waals surface area contributed by atoms with E-state index >= 15 is 0 Å². The standard InChI is InChI=1S/C17H14FNO2/c1-11(2)17(20)13(10-19)9-15-7-8-16(21-15)12-3-5-14(18)6-4-12/h3-9,11H,1-2H3. The van der Waals surface area contributed by atoms with Gasteiger partial charge in [-0.25, -0.2) is 4.39 Å². The zero-order chi connectivity index (χ0) is 15.4. The van der Waals surface area contributed by atoms with Gasteiger partial charge in [0.1, 0.15) is 23.4 Å². The van der Waals surface area contributed by atoms with Crippen LogP contribution in [0.1, 0.15) is 19.6 Å². The molecule has 0 aliphatic rings. The Balaban J connectivity index is 2.29. The highest BCUT2D eigenvalue weighted by molar-refractivity contribution is 6.04. The molecule has 0 atom stereocenters. The van der Waals surface area contributed by atoms with Crippen LogP contribution < -0.4 is 0 Å². The van der Waals surface area contributed by atoms with E-state index in [9.17, 15) is 9.18 Å². The van der Waals surface area contributed by atoms with Gasteiger partial charge < -0.3 is 4.42 Å². The summed E-state index contributed by atoms with van der Waals surface area (Å²) in [7, 11) is 0. The Hall–Kier alpha value is -2.67. The molecule has 2 aromatic rings. The second-order valence-corrected chi connectivity index (χ2v) is 4.90. The summed E-state index contributed by atoms with van der Waals surface area (Å²) in [5, 5.41) is 9.04. The number of hydrogen-bond donors (Lipinski definition) is 0. The monoisotopic (exact) mass is 283 g/mol. The molecule has 2 rings (SSSR count). The van der Waals surface area contributed by atoms with Gasteiger partial charge in [-0.1, -0.05) is 13.8 Å². The third-order valence-electron chi connectivity index (χ3n) is 2.95. The van der Waals surface area contributed by atoms with Crippen LogP contribution in [0.5, 0.6) is 0 Å². The number of hydrogen-bond acceptors (Lipinski definition) is 3. The van der Waals surface area contributed by atoms with Crippen molar-refractivity contribution in [3.8, 4) is 17.4 Å². The fourth-order valence-corrected chi connectivity index (χ4v) is 1.81. The van der Waals surface area contributed by atoms with Gasteiger partial charge in [0.05, 0.1) is 5.57 Å². The summed E-state index contributed by atoms with van der Waals surface area (Å²) in [5.41, 5.74) is 0.787. The first-order valence-corrected chi connectivity index (χ1v) is 6.53. The molecule has 0 fully saturated rings. The normalized spacial score (nSPS) is 11.5. The number of nitriles is 1. The van der Waals surface area contributed by atoms with Crippen LogP contribution in [-0.2, 0) is 4.79 Å². The number of ketones is 1. The zero-order valence-electron chi connectivity index (χ0n) is 11.8. The number of halogens is 1. The lowest BCUT2D eigenvalue weighted by Gasteiger charge is -2.00. The van der Waals surface area contributed by atoms with Crippen molar-refractivity contribution in [2.75, 3.05) is 0 Å². The highest BCUT2D eigenvalue weighted by atomic mass is 19.1. The third-order valence-corrected chi connectivity index (χ3v) is 2.95. The Morgan fingerprint density at radius 2 is 1.90 bits per heavy atom. The Bertz CT molecular complexity index is 718. The van der Waals surface area contributed by atoms with Crippen molar-refractivity contribution >= 4 is 11.9 Å². The SMILES string of the molecule is CC(C)C(=O)C(C#N)=Cc1ccc(-c2ccc(F)cc2)o1. The minimum atomic E-state index is -0.320. The molecule has 0 aliphatic heterocycles. The largest absolute Gasteiger partial charge is 0.457 e. The van der Waals surface area contributed by atoms with Crippen LogP contribution in [0.4, 0.5) is 4.39 Å². The van der Waals surface area contributed by atoms with Gasteiger partial charge in [-0.2, -0.15) is 5.26 Å². The van der Waals surface area contributed by atoms with Crippen LogP contribution in [0.2, 0.25) is 0 Å². The highest BCUT2D eigenvalue weighted by Crippen LogP contribution is 2.24. The molecule has 0 N–H and O–H groups in total. The molecule has 0 unspecified atom stereocenters. The fraction of sp³-hybridized carbons (Fsp3) is 0.176. The number of Topliss-reactive ketones (excluding diaryl/α,β-unsaturated/α-hetero) is 1. The summed E-state index contributed by atoms with van der Waals surface area (Å²) in [6.07, 6.45) is 1.43. The zero-order valence-corrected chi connectivity index (χ0v) is 11.8. The average molecular weight is 283 g/mol. The lowest BCUT2D eigenvalue weighted by atomic mass is 10.0. The van der Waals surface area contributed by atoms with Crippen LogP contribution in [0.3, 0.4) is 0 Å². The van der Waals surface area contributed by atoms with Crippen molar-refractivity contribution in [1.29, 1.82) is 5.26 Å². The average Bonchev–Trinajstić information content (AvgIpc) is 2.93. The third kappa shape index (κ3) is 3.46. The minimum Gasteiger partial charge on any atom is -0.457 e. The van der Waals surface area contributed by atoms with E-state index in [1.165, 1.54) is 18.2 Å². The second-order valence-electron chi connectivity index (χ2n) is 4.90. The summed E-state index contributed by atoms with van der Waals surface area (Å²) in [4.78, 5) is 11.8. The van der Waals surface area contributed by atoms with E-state index < -0.39 is 0 Å². The van der Waals surface area contributed by atoms with Crippen LogP contribution in [-0.4, -0.2) is 5.78 Å². The van der Waals surface area contributed by atoms with Crippen molar-refractivity contribution in [3.63, 3.8) is 0 Å². The van der Waals surface area contributed by atoms with Gasteiger partial charge in [0, 0.05) is 17.6 Å². The Morgan fingerprint density at radius 1 is 1.24 bits per heavy atom. The van der Waals surface area contributed by atoms with Crippen molar-refractivity contribution in [2.24, 2.45) is 5.92 Å². The van der Waals surface area contributed by atoms with E-state index in [-0.39, 0.29) is 23.1 Å². The molecule has 0 bridgehead atoms. The number of carbonyl (C=O) groups is 1. The van der Waals surface area contributed by atoms with Crippen molar-refractivity contribution in [3.05, 3.63) is 53.5 Å². The van der Waals surface area contributed by atoms with Crippen molar-refractivity contribution < 1.29 is 13.6 Å². The number of carbonyl (C=O) groups excluding carboxylic acids is 1. The highest BCUT2D eigenvalue weighted by Gasteiger charge is 2.14. The smallest absolute Gasteiger partial charge is 0.176 e. The maximum absolute atomic E-state index is 12.9. The number of furan rings is 1. The maximum Gasteiger partial charge on any atom is 0.176 e. The molecule has 0 saturated carbocycles. The summed E-state index contributed by atoms with van der Waals surface area (Å²) in [6.45, 7) is 3.47. The summed E-state index contributed by atoms with van der Waals surface area (Å²) >= 11 is 0. The molecular formula is C17H14FNO2. The van der Waals surface area contributed by atoms with E-state index in [2.05, 4.69) is 0 Å². The first kappa shape index (κ1) is 14.7. The van der Waals surface area contributed by atoms with Gasteiger partial charge in [0.25, 0.3) is 0 Å². The number of benzene rings is 1. The number of nitrogens with zero attached hydrogens (tertiary/aromatic N) is 1. The minimum absolute atomic E-state index is 0.0602. The fourth-order valence-electron chi connectivity index (χ4n) is 1.81. The van der Waals surface area contributed by atoms with E-state index in [1.54, 1.807) is 38.1 Å². The lowest BCUT2D eigenvalue weighted by molar-refractivity contribution is -0.117. The molecule has 0 amide bonds. The summed E-state index contributed by atoms with van der Waals surface area (Å²) < 4.78 is 18.4. The molecular weight excluding hydrogens is 269 g/mol. The molecule has 0 aliphatic carbocycles. The van der Waals surface area contributed by atoms with Gasteiger partial charge in [0.15, 0.2) is 5.78 Å². The second kappa shape index (κ2) is 6.19. The van der Waals surface area contributed by atoms with E-state index in [0.29, 0.717) is 11.5 Å². The molecule has 0 radical (unpaired) electrons. The number of rotatable bonds is 4. The molecule has 21 heavy (non-hydrogen) atoms. The lowest BCUT2D eigenvalue weighted by Crippen LogP contribution is -2.08. The van der Waals surface area contributed by atoms with Crippen molar-refractivity contribution in [2.45, 2.75) is 13.8 Å². The molecule has 4 heteroatoms. The van der Waals surface area contributed by atoms with E-state index in [1.807, 2.05) is 6.07 Å². The van der Waals surface area contributed by atoms with E-state index in [0.717, 1.165) is 5.56 Å². The van der Waals surface area contributed by atoms with Gasteiger partial charge in [-0.15, -0.1) is 0 Å². The van der Waals surface area contributed by atoms with Gasteiger partial charge in [-0.05, 0) is 36.4 Å². The van der Waals surface area contributed by atoms with Gasteiger partial charge in [0.2, 0.25) is 0 Å². The predicted octanol–water partition coefficient (Wildman–Crippen LogP) is 4.22. The van der Waals surface area contributed by atoms with Crippen LogP contribution in [0.15, 0.2) is 46.4 Å². The number of allylic oxidation sites excluding steroid dienone is 1. The molecule has 106 valence electrons. The first-order valence-electron chi connectivity index (χ1n) is 6.53. The quantitative estimate of drug-likeness (QED) is 0.623. The molecule has 1 aromatic carbocycles. The molecule has 1 aromatic heterocycles. The molecule has 0 spiro atoms. The molecule has 3 nitrogen and oxygen atoms in total. The predicted molar refractivity (Wildman–Crippen MR) is 77.5 cm³/mol. The summed E-state index contributed by atoms with van der Waals surface area (Å²) in [5.74, 6) is 0.176. The Kier molecular flexibility index (Phi) is 4.34. The Labute approximate surface area is 122 Å². The van der Waals surface area contributed by atoms with Gasteiger partial charge >= 0.3 is 0 Å². The topological polar surface area (TPSA) is 54.0 Å². The van der Waals surface area contributed by atoms with Crippen molar-refractivity contribution in [1.82, 2.24) is 0 Å². The first-order chi connectivity index (χ1) is 10.0. The van der Waals surface area contributed by atoms with Crippen LogP contribution in [0.25, 0.3) is 17.4 Å².